The average Bonchev–Trinajstić information content (AvgIpc) is 3.82. The number of aromatic amines is 1. The number of likely N-dealkylation sites (N-methyl/N-ethyl adjacent to an activating group) is 1. The van der Waals surface area contributed by atoms with E-state index < -0.39 is 82.2 Å². The number of likely N-dealkylation sites (tertiary alicyclic amines) is 1. The highest BCUT2D eigenvalue weighted by Crippen LogP contribution is 2.41. The normalized spacial score (nSPS) is 18.8. The topological polar surface area (TPSA) is 297 Å². The van der Waals surface area contributed by atoms with Crippen molar-refractivity contribution in [2.45, 2.75) is 108 Å². The Hall–Kier alpha value is -7.52. The summed E-state index contributed by atoms with van der Waals surface area (Å²) in [5, 5.41) is 26.8. The Bertz CT molecular complexity index is 2770. The molecule has 0 saturated carbocycles. The van der Waals surface area contributed by atoms with Crippen LogP contribution in [0.25, 0.3) is 16.5 Å². The van der Waals surface area contributed by atoms with Gasteiger partial charge in [-0.05, 0) is 117 Å². The molecule has 2 aliphatic heterocycles. The van der Waals surface area contributed by atoms with Crippen LogP contribution in [0.2, 0.25) is 0 Å². The van der Waals surface area contributed by atoms with E-state index in [1.165, 1.54) is 65.9 Å². The Kier molecular flexibility index (Phi) is 18.9. The van der Waals surface area contributed by atoms with Crippen LogP contribution in [0.5, 0.6) is 0 Å². The number of halogens is 1. The van der Waals surface area contributed by atoms with E-state index in [4.69, 9.17) is 11.5 Å². The lowest BCUT2D eigenvalue weighted by Crippen LogP contribution is -2.58. The second-order valence-electron chi connectivity index (χ2n) is 19.9. The number of carbonyl (C=O) groups is 7. The van der Waals surface area contributed by atoms with Crippen LogP contribution >= 0.6 is 0 Å². The van der Waals surface area contributed by atoms with Crippen molar-refractivity contribution in [3.8, 4) is 0 Å². The maximum atomic E-state index is 14.8. The molecule has 75 heavy (non-hydrogen) atoms. The number of benzene rings is 3. The van der Waals surface area contributed by atoms with Gasteiger partial charge in [0.1, 0.15) is 30.0 Å². The van der Waals surface area contributed by atoms with Gasteiger partial charge in [0.15, 0.2) is 0 Å². The fraction of sp³-hybridized carbons (Fsp3) is 0.463. The van der Waals surface area contributed by atoms with Crippen LogP contribution in [-0.2, 0) is 52.8 Å². The smallest absolute Gasteiger partial charge is 0.269 e. The van der Waals surface area contributed by atoms with Gasteiger partial charge in [-0.15, -0.1) is 0 Å². The number of amides is 7. The quantitative estimate of drug-likeness (QED) is 0.0287. The average molecular weight is 1030 g/mol. The van der Waals surface area contributed by atoms with E-state index in [1.54, 1.807) is 0 Å². The lowest BCUT2D eigenvalue weighted by molar-refractivity contribution is -0.384. The molecule has 7 rings (SSSR count). The van der Waals surface area contributed by atoms with E-state index in [2.05, 4.69) is 36.5 Å². The van der Waals surface area contributed by atoms with Crippen LogP contribution in [0.3, 0.4) is 0 Å². The van der Waals surface area contributed by atoms with E-state index >= 15 is 0 Å². The van der Waals surface area contributed by atoms with Crippen LogP contribution < -0.4 is 38.1 Å². The molecule has 1 unspecified atom stereocenters. The number of hydrogen-bond acceptors (Lipinski definition) is 11. The summed E-state index contributed by atoms with van der Waals surface area (Å²) in [7, 11) is 1.96. The van der Waals surface area contributed by atoms with Crippen molar-refractivity contribution in [1.82, 2.24) is 41.4 Å². The van der Waals surface area contributed by atoms with E-state index in [0.717, 1.165) is 28.5 Å². The first-order chi connectivity index (χ1) is 36.0. The molecule has 400 valence electrons. The lowest BCUT2D eigenvalue weighted by Gasteiger charge is -2.39. The minimum absolute atomic E-state index is 0.0267. The molecule has 0 radical (unpaired) electrons. The first kappa shape index (κ1) is 55.2. The van der Waals surface area contributed by atoms with Crippen molar-refractivity contribution in [1.29, 1.82) is 0 Å². The van der Waals surface area contributed by atoms with Crippen molar-refractivity contribution < 1.29 is 42.9 Å². The molecular formula is C54H68FN11O9. The zero-order valence-corrected chi connectivity index (χ0v) is 42.4. The number of nitrogens with two attached hydrogens (primary N) is 2. The van der Waals surface area contributed by atoms with Gasteiger partial charge < -0.3 is 47.9 Å². The maximum absolute atomic E-state index is 14.8. The number of aromatic nitrogens is 1. The molecule has 20 nitrogen and oxygen atoms in total. The second kappa shape index (κ2) is 25.6. The van der Waals surface area contributed by atoms with E-state index in [-0.39, 0.29) is 56.5 Å². The summed E-state index contributed by atoms with van der Waals surface area (Å²) in [4.78, 5) is 113. The molecule has 1 fully saturated rings. The summed E-state index contributed by atoms with van der Waals surface area (Å²) in [6.45, 7) is 2.50. The highest BCUT2D eigenvalue weighted by molar-refractivity contribution is 6.00. The van der Waals surface area contributed by atoms with Gasteiger partial charge in [0.2, 0.25) is 41.4 Å². The summed E-state index contributed by atoms with van der Waals surface area (Å²) in [5.41, 5.74) is 16.3. The highest BCUT2D eigenvalue weighted by atomic mass is 19.1. The number of nitrogens with zero attached hydrogens (tertiary/aromatic N) is 3. The number of fused-ring (bicyclic) bond motifs is 2. The number of non-ortho nitro benzene ring substituents is 1. The van der Waals surface area contributed by atoms with Crippen LogP contribution in [-0.4, -0.2) is 131 Å². The largest absolute Gasteiger partial charge is 0.368 e. The molecule has 3 aliphatic rings. The third kappa shape index (κ3) is 14.4. The Morgan fingerprint density at radius 1 is 0.813 bits per heavy atom. The monoisotopic (exact) mass is 1030 g/mol. The number of hydrogen-bond donors (Lipinski definition) is 8. The number of nitrogens with one attached hydrogen (secondary N) is 6. The van der Waals surface area contributed by atoms with Crippen molar-refractivity contribution >= 4 is 63.5 Å². The fourth-order valence-electron chi connectivity index (χ4n) is 10.4. The predicted octanol–water partition coefficient (Wildman–Crippen LogP) is 2.67. The third-order valence-corrected chi connectivity index (χ3v) is 14.4. The Morgan fingerprint density at radius 3 is 2.19 bits per heavy atom. The molecule has 10 N–H and O–H groups in total. The van der Waals surface area contributed by atoms with E-state index in [1.807, 2.05) is 37.5 Å². The predicted molar refractivity (Wildman–Crippen MR) is 278 cm³/mol. The second-order valence-corrected chi connectivity index (χ2v) is 19.9. The van der Waals surface area contributed by atoms with Crippen LogP contribution in [0.1, 0.15) is 80.5 Å². The SMILES string of the molecule is CC(=O)N[C@@H](CCCCNC(=O)[C@@H](CCCCN)NC(=O)C1CCCN(C(=O)[C@H](Cc2ccc(F)cc2)NC(=O)[C@H](Cc2ccc([N+](=O)[O-])cc2)NC(=O)[C@@H]2C=C3c4cccc5[nH]cc(c45)C[C@H]3N(C)C2)C1)C(N)=O. The molecule has 7 amide bonds. The number of rotatable bonds is 24. The summed E-state index contributed by atoms with van der Waals surface area (Å²) in [5.74, 6) is -5.42. The zero-order chi connectivity index (χ0) is 53.8. The van der Waals surface area contributed by atoms with Gasteiger partial charge in [-0.2, -0.15) is 0 Å². The molecule has 3 aromatic carbocycles. The van der Waals surface area contributed by atoms with Crippen molar-refractivity contribution in [2.24, 2.45) is 23.3 Å². The standard InChI is InChI=1S/C54H68FN11O9/c1-32(67)60-43(49(57)68)11-4-6-23-58-52(71)44(12-3-5-22-56)61-50(69)35-9-8-24-65(31-35)54(73)46(26-33-14-18-38(55)19-15-33)63-53(72)45(25-34-16-20-39(21-17-34)66(74)75)62-51(70)37-27-41-40-10-7-13-42-48(40)36(29-59-42)28-47(41)64(2)30-37/h7,10,13-21,27,29,35,37,43-47,59H,3-6,8-9,11-12,22-26,28,30-31,56H2,1-2H3,(H2,57,68)(H,58,71)(H,60,67)(H,61,69)(H,62,70)(H,63,72)/t35?,37-,43+,44-,45+,46+,47-/m1/s1. The van der Waals surface area contributed by atoms with Crippen LogP contribution in [0.15, 0.2) is 79.0 Å². The van der Waals surface area contributed by atoms with Gasteiger partial charge in [0, 0.05) is 81.2 Å². The number of nitro groups is 1. The van der Waals surface area contributed by atoms with Crippen molar-refractivity contribution in [2.75, 3.05) is 39.8 Å². The maximum Gasteiger partial charge on any atom is 0.269 e. The van der Waals surface area contributed by atoms with Crippen LogP contribution in [0, 0.1) is 27.8 Å². The molecule has 7 atom stereocenters. The number of nitro benzene ring substituents is 1. The van der Waals surface area contributed by atoms with E-state index in [0.29, 0.717) is 69.2 Å². The number of primary amides is 1. The third-order valence-electron chi connectivity index (χ3n) is 14.4. The molecule has 1 saturated heterocycles. The van der Waals surface area contributed by atoms with Gasteiger partial charge in [-0.25, -0.2) is 4.39 Å². The summed E-state index contributed by atoms with van der Waals surface area (Å²) >= 11 is 0. The molecule has 0 spiro atoms. The lowest BCUT2D eigenvalue weighted by atomic mass is 9.79. The summed E-state index contributed by atoms with van der Waals surface area (Å²) < 4.78 is 14.2. The molecule has 21 heteroatoms. The number of piperidine rings is 1. The first-order valence-electron chi connectivity index (χ1n) is 25.7. The number of H-pyrrole nitrogens is 1. The molecule has 0 bridgehead atoms. The van der Waals surface area contributed by atoms with Gasteiger partial charge in [-0.1, -0.05) is 42.5 Å². The Balaban J connectivity index is 1.07. The van der Waals surface area contributed by atoms with Crippen molar-refractivity contribution in [3.63, 3.8) is 0 Å². The summed E-state index contributed by atoms with van der Waals surface area (Å²) in [6.07, 6.45) is 8.16. The molecule has 1 aliphatic carbocycles. The minimum Gasteiger partial charge on any atom is -0.368 e. The summed E-state index contributed by atoms with van der Waals surface area (Å²) in [6, 6.07) is 13.0. The van der Waals surface area contributed by atoms with Gasteiger partial charge in [0.05, 0.1) is 16.8 Å². The van der Waals surface area contributed by atoms with Gasteiger partial charge in [-0.3, -0.25) is 48.6 Å². The van der Waals surface area contributed by atoms with Gasteiger partial charge >= 0.3 is 0 Å². The molecular weight excluding hydrogens is 966 g/mol. The zero-order valence-electron chi connectivity index (χ0n) is 42.4. The number of carbonyl (C=O) groups excluding carboxylic acids is 7. The first-order valence-corrected chi connectivity index (χ1v) is 25.7. The van der Waals surface area contributed by atoms with Gasteiger partial charge in [0.25, 0.3) is 5.69 Å². The Morgan fingerprint density at radius 2 is 1.49 bits per heavy atom. The Labute approximate surface area is 434 Å². The molecule has 4 aromatic rings. The highest BCUT2D eigenvalue weighted by Gasteiger charge is 2.39. The molecule has 3 heterocycles. The van der Waals surface area contributed by atoms with Crippen molar-refractivity contribution in [3.05, 3.63) is 117 Å². The van der Waals surface area contributed by atoms with Crippen LogP contribution in [0.4, 0.5) is 10.1 Å². The number of unbranched alkanes of at least 4 members (excludes halogenated alkanes) is 2. The molecule has 1 aromatic heterocycles. The minimum atomic E-state index is -1.26. The van der Waals surface area contributed by atoms with E-state index in [9.17, 15) is 48.1 Å². The fourth-order valence-corrected chi connectivity index (χ4v) is 10.4.